The Labute approximate surface area is 172 Å². The molecule has 1 amide bonds. The number of amides is 1. The van der Waals surface area contributed by atoms with Crippen molar-refractivity contribution < 1.29 is 26.7 Å². The van der Waals surface area contributed by atoms with Crippen LogP contribution in [0.3, 0.4) is 0 Å². The largest absolute Gasteiger partial charge is 0.494 e. The van der Waals surface area contributed by atoms with Crippen LogP contribution in [-0.4, -0.2) is 51.3 Å². The molecule has 0 aromatic heterocycles. The van der Waals surface area contributed by atoms with Gasteiger partial charge in [0.1, 0.15) is 16.5 Å². The lowest BCUT2D eigenvalue weighted by molar-refractivity contribution is 0.0823. The summed E-state index contributed by atoms with van der Waals surface area (Å²) < 4.78 is 60.6. The molecular formula is C19H19ClF2N2O4S. The summed E-state index contributed by atoms with van der Waals surface area (Å²) in [5, 5.41) is 0.0454. The van der Waals surface area contributed by atoms with Crippen molar-refractivity contribution in [2.24, 2.45) is 0 Å². The van der Waals surface area contributed by atoms with Gasteiger partial charge in [0.15, 0.2) is 5.75 Å². The van der Waals surface area contributed by atoms with Crippen LogP contribution in [0.2, 0.25) is 5.02 Å². The van der Waals surface area contributed by atoms with Gasteiger partial charge in [0, 0.05) is 38.3 Å². The van der Waals surface area contributed by atoms with Crippen molar-refractivity contribution >= 4 is 27.5 Å². The van der Waals surface area contributed by atoms with E-state index in [-0.39, 0.29) is 46.3 Å². The minimum Gasteiger partial charge on any atom is -0.494 e. The van der Waals surface area contributed by atoms with E-state index in [2.05, 4.69) is 0 Å². The first-order valence-electron chi connectivity index (χ1n) is 8.62. The topological polar surface area (TPSA) is 66.9 Å². The molecule has 1 aliphatic rings. The van der Waals surface area contributed by atoms with Crippen LogP contribution in [-0.2, 0) is 23.0 Å². The monoisotopic (exact) mass is 444 g/mol. The van der Waals surface area contributed by atoms with Crippen LogP contribution in [0.25, 0.3) is 0 Å². The van der Waals surface area contributed by atoms with Crippen LogP contribution < -0.4 is 4.74 Å². The molecule has 0 unspecified atom stereocenters. The number of ether oxygens (including phenoxy) is 1. The number of methoxy groups -OCH3 is 1. The maximum absolute atomic E-state index is 14.0. The molecule has 156 valence electrons. The summed E-state index contributed by atoms with van der Waals surface area (Å²) in [5.41, 5.74) is 0.542. The van der Waals surface area contributed by atoms with Crippen LogP contribution in [0, 0.1) is 11.6 Å². The van der Waals surface area contributed by atoms with E-state index in [9.17, 15) is 22.0 Å². The maximum Gasteiger partial charge on any atom is 0.257 e. The molecule has 0 spiro atoms. The van der Waals surface area contributed by atoms with Crippen molar-refractivity contribution in [2.75, 3.05) is 27.7 Å². The molecule has 0 atom stereocenters. The zero-order chi connectivity index (χ0) is 21.5. The van der Waals surface area contributed by atoms with Gasteiger partial charge in [-0.1, -0.05) is 11.6 Å². The lowest BCUT2D eigenvalue weighted by Gasteiger charge is -2.29. The molecule has 0 bridgehead atoms. The SMILES string of the molecule is COc1c(C(=O)N(C)C)cc(Cl)cc1S(=O)(=O)N1CCc2c(F)cc(F)cc2C1. The third-order valence-corrected chi connectivity index (χ3v) is 6.76. The number of hydrogen-bond acceptors (Lipinski definition) is 4. The molecule has 1 heterocycles. The number of fused-ring (bicyclic) bond motifs is 1. The van der Waals surface area contributed by atoms with E-state index < -0.39 is 27.6 Å². The smallest absolute Gasteiger partial charge is 0.257 e. The number of carbonyl (C=O) groups is 1. The Kier molecular flexibility index (Phi) is 5.84. The second kappa shape index (κ2) is 7.89. The first kappa shape index (κ1) is 21.5. The summed E-state index contributed by atoms with van der Waals surface area (Å²) in [6.07, 6.45) is 0.0903. The zero-order valence-corrected chi connectivity index (χ0v) is 17.6. The predicted molar refractivity (Wildman–Crippen MR) is 104 cm³/mol. The summed E-state index contributed by atoms with van der Waals surface area (Å²) in [6, 6.07) is 4.43. The Morgan fingerprint density at radius 3 is 2.52 bits per heavy atom. The van der Waals surface area contributed by atoms with Crippen molar-refractivity contribution in [3.63, 3.8) is 0 Å². The lowest BCUT2D eigenvalue weighted by atomic mass is 10.0. The van der Waals surface area contributed by atoms with Crippen molar-refractivity contribution in [1.29, 1.82) is 0 Å². The number of rotatable bonds is 4. The summed E-state index contributed by atoms with van der Waals surface area (Å²) in [4.78, 5) is 13.5. The van der Waals surface area contributed by atoms with E-state index in [0.717, 1.165) is 16.4 Å². The third-order valence-electron chi connectivity index (χ3n) is 4.69. The van der Waals surface area contributed by atoms with Gasteiger partial charge in [-0.2, -0.15) is 4.31 Å². The van der Waals surface area contributed by atoms with E-state index >= 15 is 0 Å². The number of halogens is 3. The van der Waals surface area contributed by atoms with Gasteiger partial charge in [0.05, 0.1) is 12.7 Å². The van der Waals surface area contributed by atoms with E-state index in [1.807, 2.05) is 0 Å². The molecular weight excluding hydrogens is 426 g/mol. The number of benzene rings is 2. The predicted octanol–water partition coefficient (Wildman–Crippen LogP) is 3.08. The van der Waals surface area contributed by atoms with E-state index in [0.29, 0.717) is 5.56 Å². The Balaban J connectivity index is 2.09. The molecule has 0 fully saturated rings. The Bertz CT molecular complexity index is 1090. The van der Waals surface area contributed by atoms with E-state index in [1.165, 1.54) is 38.2 Å². The molecule has 2 aromatic rings. The van der Waals surface area contributed by atoms with Crippen LogP contribution in [0.4, 0.5) is 8.78 Å². The molecule has 29 heavy (non-hydrogen) atoms. The van der Waals surface area contributed by atoms with E-state index in [4.69, 9.17) is 16.3 Å². The number of nitrogens with zero attached hydrogens (tertiary/aromatic N) is 2. The molecule has 3 rings (SSSR count). The van der Waals surface area contributed by atoms with Crippen molar-refractivity contribution in [3.8, 4) is 5.75 Å². The molecule has 2 aromatic carbocycles. The van der Waals surface area contributed by atoms with Crippen molar-refractivity contribution in [1.82, 2.24) is 9.21 Å². The van der Waals surface area contributed by atoms with Gasteiger partial charge in [-0.05, 0) is 35.7 Å². The van der Waals surface area contributed by atoms with Crippen LogP contribution in [0.15, 0.2) is 29.2 Å². The Morgan fingerprint density at radius 1 is 1.21 bits per heavy atom. The lowest BCUT2D eigenvalue weighted by Crippen LogP contribution is -2.37. The van der Waals surface area contributed by atoms with Crippen LogP contribution in [0.5, 0.6) is 5.75 Å². The highest BCUT2D eigenvalue weighted by molar-refractivity contribution is 7.89. The highest BCUT2D eigenvalue weighted by atomic mass is 35.5. The van der Waals surface area contributed by atoms with Crippen molar-refractivity contribution in [3.05, 3.63) is 57.6 Å². The fourth-order valence-corrected chi connectivity index (χ4v) is 5.20. The Hall–Kier alpha value is -2.23. The molecule has 0 radical (unpaired) electrons. The molecule has 0 aliphatic carbocycles. The summed E-state index contributed by atoms with van der Waals surface area (Å²) in [7, 11) is 0.117. The molecule has 0 N–H and O–H groups in total. The third kappa shape index (κ3) is 3.94. The number of carbonyl (C=O) groups excluding carboxylic acids is 1. The summed E-state index contributed by atoms with van der Waals surface area (Å²) >= 11 is 6.09. The van der Waals surface area contributed by atoms with Crippen LogP contribution in [0.1, 0.15) is 21.5 Å². The fraction of sp³-hybridized carbons (Fsp3) is 0.316. The molecule has 6 nitrogen and oxygen atoms in total. The standard InChI is InChI=1S/C19H19ClF2N2O4S/c1-23(2)19(25)15-7-12(20)8-17(18(15)28-3)29(26,27)24-5-4-14-11(10-24)6-13(21)9-16(14)22/h6-9H,4-5,10H2,1-3H3. The normalized spacial score (nSPS) is 14.4. The Morgan fingerprint density at radius 2 is 1.90 bits per heavy atom. The molecule has 0 saturated heterocycles. The first-order valence-corrected chi connectivity index (χ1v) is 10.4. The highest BCUT2D eigenvalue weighted by Crippen LogP contribution is 2.36. The van der Waals surface area contributed by atoms with Crippen LogP contribution >= 0.6 is 11.6 Å². The molecule has 1 aliphatic heterocycles. The fourth-order valence-electron chi connectivity index (χ4n) is 3.30. The number of hydrogen-bond donors (Lipinski definition) is 0. The first-order chi connectivity index (χ1) is 13.6. The second-order valence-electron chi connectivity index (χ2n) is 6.80. The van der Waals surface area contributed by atoms with Gasteiger partial charge in [-0.15, -0.1) is 0 Å². The van der Waals surface area contributed by atoms with Gasteiger partial charge in [-0.3, -0.25) is 4.79 Å². The van der Waals surface area contributed by atoms with Gasteiger partial charge >= 0.3 is 0 Å². The van der Waals surface area contributed by atoms with Gasteiger partial charge in [-0.25, -0.2) is 17.2 Å². The van der Waals surface area contributed by atoms with Gasteiger partial charge in [0.2, 0.25) is 10.0 Å². The average molecular weight is 445 g/mol. The zero-order valence-electron chi connectivity index (χ0n) is 16.0. The minimum absolute atomic E-state index is 0.00178. The average Bonchev–Trinajstić information content (AvgIpc) is 2.65. The molecule has 10 heteroatoms. The van der Waals surface area contributed by atoms with Gasteiger partial charge < -0.3 is 9.64 Å². The number of sulfonamides is 1. The highest BCUT2D eigenvalue weighted by Gasteiger charge is 2.34. The molecule has 0 saturated carbocycles. The second-order valence-corrected chi connectivity index (χ2v) is 9.14. The van der Waals surface area contributed by atoms with E-state index in [1.54, 1.807) is 0 Å². The summed E-state index contributed by atoms with van der Waals surface area (Å²) in [5.74, 6) is -2.09. The quantitative estimate of drug-likeness (QED) is 0.727. The minimum atomic E-state index is -4.17. The van der Waals surface area contributed by atoms with Crippen molar-refractivity contribution in [2.45, 2.75) is 17.9 Å². The summed E-state index contributed by atoms with van der Waals surface area (Å²) in [6.45, 7) is -0.219. The van der Waals surface area contributed by atoms with Gasteiger partial charge in [0.25, 0.3) is 5.91 Å². The maximum atomic E-state index is 14.0.